The van der Waals surface area contributed by atoms with Gasteiger partial charge in [-0.05, 0) is 29.5 Å². The summed E-state index contributed by atoms with van der Waals surface area (Å²) in [6.07, 6.45) is 0.407. The molecule has 2 atom stereocenters. The number of nitrogens with zero attached hydrogens (tertiary/aromatic N) is 1. The molecule has 0 unspecified atom stereocenters. The maximum absolute atomic E-state index is 12.3. The number of fused-ring (bicyclic) bond motifs is 1. The van der Waals surface area contributed by atoms with Gasteiger partial charge in [-0.2, -0.15) is 0 Å². The third-order valence-corrected chi connectivity index (χ3v) is 4.82. The minimum absolute atomic E-state index is 0.188. The third-order valence-electron chi connectivity index (χ3n) is 4.08. The predicted molar refractivity (Wildman–Crippen MR) is 76.6 cm³/mol. The molecule has 2 aliphatic heterocycles. The Bertz CT molecular complexity index is 494. The van der Waals surface area contributed by atoms with E-state index in [0.29, 0.717) is 28.3 Å². The van der Waals surface area contributed by atoms with E-state index in [4.69, 9.17) is 23.2 Å². The van der Waals surface area contributed by atoms with Gasteiger partial charge in [0, 0.05) is 26.2 Å². The van der Waals surface area contributed by atoms with E-state index in [0.717, 1.165) is 31.7 Å². The van der Waals surface area contributed by atoms with Crippen LogP contribution in [0, 0.1) is 11.8 Å². The van der Waals surface area contributed by atoms with Gasteiger partial charge >= 0.3 is 0 Å². The maximum atomic E-state index is 12.3. The molecule has 0 bridgehead atoms. The van der Waals surface area contributed by atoms with Crippen molar-refractivity contribution in [1.82, 2.24) is 10.2 Å². The summed E-state index contributed by atoms with van der Waals surface area (Å²) >= 11 is 11.8. The number of carbonyl (C=O) groups excluding carboxylic acids is 1. The second-order valence-electron chi connectivity index (χ2n) is 5.40. The SMILES string of the molecule is O=C(Cc1ccc(Cl)c(Cl)c1)N1C[C@H]2CNC[C@H]2C1. The molecule has 1 aromatic rings. The van der Waals surface area contributed by atoms with Crippen LogP contribution >= 0.6 is 23.2 Å². The Balaban J connectivity index is 1.63. The molecule has 0 aliphatic carbocycles. The molecule has 2 fully saturated rings. The molecular formula is C14H16Cl2N2O. The minimum Gasteiger partial charge on any atom is -0.342 e. The van der Waals surface area contributed by atoms with Gasteiger partial charge in [-0.15, -0.1) is 0 Å². The number of likely N-dealkylation sites (tertiary alicyclic amines) is 1. The van der Waals surface area contributed by atoms with E-state index < -0.39 is 0 Å². The number of hydrogen-bond acceptors (Lipinski definition) is 2. The largest absolute Gasteiger partial charge is 0.342 e. The normalized spacial score (nSPS) is 25.7. The van der Waals surface area contributed by atoms with Crippen LogP contribution in [0.3, 0.4) is 0 Å². The lowest BCUT2D eigenvalue weighted by atomic mass is 10.0. The van der Waals surface area contributed by atoms with E-state index in [1.54, 1.807) is 12.1 Å². The summed E-state index contributed by atoms with van der Waals surface area (Å²) in [6.45, 7) is 3.86. The molecule has 2 aliphatic rings. The molecule has 0 saturated carbocycles. The van der Waals surface area contributed by atoms with Crippen molar-refractivity contribution < 1.29 is 4.79 Å². The van der Waals surface area contributed by atoms with E-state index in [1.165, 1.54) is 0 Å². The lowest BCUT2D eigenvalue weighted by Crippen LogP contribution is -2.32. The molecule has 0 spiro atoms. The summed E-state index contributed by atoms with van der Waals surface area (Å²) in [7, 11) is 0. The molecule has 1 amide bonds. The fourth-order valence-corrected chi connectivity index (χ4v) is 3.32. The number of amides is 1. The second kappa shape index (κ2) is 5.31. The fraction of sp³-hybridized carbons (Fsp3) is 0.500. The average molecular weight is 299 g/mol. The van der Waals surface area contributed by atoms with Gasteiger partial charge in [-0.1, -0.05) is 29.3 Å². The Labute approximate surface area is 122 Å². The Morgan fingerprint density at radius 3 is 2.53 bits per heavy atom. The van der Waals surface area contributed by atoms with Gasteiger partial charge in [0.25, 0.3) is 0 Å². The highest BCUT2D eigenvalue weighted by atomic mass is 35.5. The number of benzene rings is 1. The lowest BCUT2D eigenvalue weighted by Gasteiger charge is -2.17. The van der Waals surface area contributed by atoms with Gasteiger partial charge in [0.05, 0.1) is 16.5 Å². The summed E-state index contributed by atoms with van der Waals surface area (Å²) in [5, 5.41) is 4.41. The Kier molecular flexibility index (Phi) is 3.70. The lowest BCUT2D eigenvalue weighted by molar-refractivity contribution is -0.129. The maximum Gasteiger partial charge on any atom is 0.227 e. The summed E-state index contributed by atoms with van der Waals surface area (Å²) < 4.78 is 0. The molecule has 3 nitrogen and oxygen atoms in total. The summed E-state index contributed by atoms with van der Waals surface area (Å²) in [5.41, 5.74) is 0.926. The standard InChI is InChI=1S/C14H16Cl2N2O/c15-12-2-1-9(3-13(12)16)4-14(19)18-7-10-5-17-6-11(10)8-18/h1-3,10-11,17H,4-8H2/t10-,11+. The van der Waals surface area contributed by atoms with Crippen LogP contribution < -0.4 is 5.32 Å². The van der Waals surface area contributed by atoms with E-state index >= 15 is 0 Å². The zero-order valence-corrected chi connectivity index (χ0v) is 12.0. The van der Waals surface area contributed by atoms with Gasteiger partial charge < -0.3 is 10.2 Å². The Morgan fingerprint density at radius 1 is 1.21 bits per heavy atom. The van der Waals surface area contributed by atoms with Crippen LogP contribution in [-0.4, -0.2) is 37.0 Å². The van der Waals surface area contributed by atoms with Crippen molar-refractivity contribution in [2.45, 2.75) is 6.42 Å². The first-order valence-electron chi connectivity index (χ1n) is 6.56. The highest BCUT2D eigenvalue weighted by molar-refractivity contribution is 6.42. The van der Waals surface area contributed by atoms with Crippen molar-refractivity contribution in [2.75, 3.05) is 26.2 Å². The molecule has 1 N–H and O–H groups in total. The van der Waals surface area contributed by atoms with Crippen molar-refractivity contribution in [2.24, 2.45) is 11.8 Å². The number of rotatable bonds is 2. The first-order chi connectivity index (χ1) is 9.13. The molecular weight excluding hydrogens is 283 g/mol. The third kappa shape index (κ3) is 2.73. The molecule has 2 heterocycles. The zero-order valence-electron chi connectivity index (χ0n) is 10.5. The Morgan fingerprint density at radius 2 is 1.89 bits per heavy atom. The van der Waals surface area contributed by atoms with Crippen molar-refractivity contribution in [1.29, 1.82) is 0 Å². The van der Waals surface area contributed by atoms with Gasteiger partial charge in [-0.25, -0.2) is 0 Å². The van der Waals surface area contributed by atoms with Gasteiger partial charge in [0.15, 0.2) is 0 Å². The topological polar surface area (TPSA) is 32.3 Å². The van der Waals surface area contributed by atoms with Gasteiger partial charge in [0.2, 0.25) is 5.91 Å². The molecule has 5 heteroatoms. The van der Waals surface area contributed by atoms with E-state index in [9.17, 15) is 4.79 Å². The smallest absolute Gasteiger partial charge is 0.227 e. The first-order valence-corrected chi connectivity index (χ1v) is 7.31. The van der Waals surface area contributed by atoms with Crippen LogP contribution in [0.1, 0.15) is 5.56 Å². The fourth-order valence-electron chi connectivity index (χ4n) is 3.00. The van der Waals surface area contributed by atoms with Crippen molar-refractivity contribution in [3.05, 3.63) is 33.8 Å². The van der Waals surface area contributed by atoms with Crippen LogP contribution in [-0.2, 0) is 11.2 Å². The van der Waals surface area contributed by atoms with Crippen LogP contribution in [0.4, 0.5) is 0 Å². The molecule has 19 heavy (non-hydrogen) atoms. The van der Waals surface area contributed by atoms with Crippen molar-refractivity contribution in [3.63, 3.8) is 0 Å². The number of hydrogen-bond donors (Lipinski definition) is 1. The highest BCUT2D eigenvalue weighted by Crippen LogP contribution is 2.27. The number of carbonyl (C=O) groups is 1. The van der Waals surface area contributed by atoms with Gasteiger partial charge in [-0.3, -0.25) is 4.79 Å². The molecule has 1 aromatic carbocycles. The van der Waals surface area contributed by atoms with Crippen LogP contribution in [0.15, 0.2) is 18.2 Å². The molecule has 2 saturated heterocycles. The Hall–Kier alpha value is -0.770. The van der Waals surface area contributed by atoms with Crippen LogP contribution in [0.25, 0.3) is 0 Å². The van der Waals surface area contributed by atoms with Crippen LogP contribution in [0.5, 0.6) is 0 Å². The monoisotopic (exact) mass is 298 g/mol. The van der Waals surface area contributed by atoms with E-state index in [-0.39, 0.29) is 5.91 Å². The summed E-state index contributed by atoms with van der Waals surface area (Å²) in [6, 6.07) is 5.39. The average Bonchev–Trinajstić information content (AvgIpc) is 2.94. The molecule has 0 aromatic heterocycles. The predicted octanol–water partition coefficient (Wildman–Crippen LogP) is 2.21. The van der Waals surface area contributed by atoms with Crippen LogP contribution in [0.2, 0.25) is 10.0 Å². The summed E-state index contributed by atoms with van der Waals surface area (Å²) in [5.74, 6) is 1.46. The van der Waals surface area contributed by atoms with Gasteiger partial charge in [0.1, 0.15) is 0 Å². The highest BCUT2D eigenvalue weighted by Gasteiger charge is 2.37. The first kappa shape index (κ1) is 13.2. The molecule has 0 radical (unpaired) electrons. The van der Waals surface area contributed by atoms with E-state index in [2.05, 4.69) is 5.32 Å². The minimum atomic E-state index is 0.188. The second-order valence-corrected chi connectivity index (χ2v) is 6.22. The van der Waals surface area contributed by atoms with Crippen molar-refractivity contribution >= 4 is 29.1 Å². The summed E-state index contributed by atoms with van der Waals surface area (Å²) in [4.78, 5) is 14.3. The molecule has 102 valence electrons. The van der Waals surface area contributed by atoms with Crippen molar-refractivity contribution in [3.8, 4) is 0 Å². The zero-order chi connectivity index (χ0) is 13.4. The number of nitrogens with one attached hydrogen (secondary N) is 1. The van der Waals surface area contributed by atoms with E-state index in [1.807, 2.05) is 11.0 Å². The quantitative estimate of drug-likeness (QED) is 0.908. The number of halogens is 2. The molecule has 3 rings (SSSR count).